The van der Waals surface area contributed by atoms with Crippen LogP contribution in [0.5, 0.6) is 0 Å². The first-order valence-corrected chi connectivity index (χ1v) is 10.5. The summed E-state index contributed by atoms with van der Waals surface area (Å²) in [6, 6.07) is 7.05. The first kappa shape index (κ1) is 21.9. The summed E-state index contributed by atoms with van der Waals surface area (Å²) in [4.78, 5) is 23.1. The van der Waals surface area contributed by atoms with Crippen LogP contribution in [0, 0.1) is 17.0 Å². The third kappa shape index (κ3) is 4.92. The number of aryl methyl sites for hydroxylation is 1. The van der Waals surface area contributed by atoms with Gasteiger partial charge in [-0.05, 0) is 37.6 Å². The number of hydrogen-bond donors (Lipinski definition) is 1. The number of hydrogen-bond acceptors (Lipinski definition) is 5. The quantitative estimate of drug-likeness (QED) is 0.533. The van der Waals surface area contributed by atoms with Gasteiger partial charge in [-0.15, -0.1) is 0 Å². The largest absolute Gasteiger partial charge is 0.324 e. The Morgan fingerprint density at radius 2 is 1.86 bits per heavy atom. The molecule has 0 radical (unpaired) electrons. The fourth-order valence-corrected chi connectivity index (χ4v) is 4.13. The molecule has 28 heavy (non-hydrogen) atoms. The van der Waals surface area contributed by atoms with Crippen molar-refractivity contribution in [3.63, 3.8) is 0 Å². The minimum atomic E-state index is -3.90. The van der Waals surface area contributed by atoms with Crippen LogP contribution >= 0.6 is 23.2 Å². The number of nitrogens with one attached hydrogen (secondary N) is 1. The minimum absolute atomic E-state index is 0.0510. The lowest BCUT2D eigenvalue weighted by atomic mass is 10.1. The molecule has 0 saturated carbocycles. The number of nitrogens with zero attached hydrogens (tertiary/aromatic N) is 2. The Morgan fingerprint density at radius 3 is 2.43 bits per heavy atom. The van der Waals surface area contributed by atoms with Crippen molar-refractivity contribution in [1.29, 1.82) is 0 Å². The van der Waals surface area contributed by atoms with Gasteiger partial charge in [0.25, 0.3) is 5.69 Å². The van der Waals surface area contributed by atoms with E-state index in [-0.39, 0.29) is 27.1 Å². The van der Waals surface area contributed by atoms with Crippen LogP contribution in [-0.4, -0.2) is 31.5 Å². The Balaban J connectivity index is 2.42. The lowest BCUT2D eigenvalue weighted by Crippen LogP contribution is -2.45. The molecule has 11 heteroatoms. The Hall–Kier alpha value is -2.36. The highest BCUT2D eigenvalue weighted by Gasteiger charge is 2.31. The van der Waals surface area contributed by atoms with E-state index >= 15 is 0 Å². The van der Waals surface area contributed by atoms with Crippen molar-refractivity contribution < 1.29 is 18.1 Å². The zero-order valence-corrected chi connectivity index (χ0v) is 17.5. The first-order chi connectivity index (χ1) is 12.9. The monoisotopic (exact) mass is 445 g/mol. The van der Waals surface area contributed by atoms with Gasteiger partial charge < -0.3 is 5.32 Å². The Labute approximate surface area is 172 Å². The predicted molar refractivity (Wildman–Crippen MR) is 110 cm³/mol. The molecule has 0 fully saturated rings. The number of nitro groups is 1. The van der Waals surface area contributed by atoms with E-state index in [1.165, 1.54) is 43.3 Å². The van der Waals surface area contributed by atoms with E-state index in [9.17, 15) is 23.3 Å². The highest BCUT2D eigenvalue weighted by atomic mass is 35.5. The third-order valence-electron chi connectivity index (χ3n) is 3.92. The van der Waals surface area contributed by atoms with Crippen LogP contribution in [0.25, 0.3) is 0 Å². The molecule has 1 N–H and O–H groups in total. The van der Waals surface area contributed by atoms with E-state index in [1.54, 1.807) is 6.92 Å². The number of carbonyl (C=O) groups is 1. The van der Waals surface area contributed by atoms with Gasteiger partial charge in [0, 0.05) is 17.2 Å². The molecule has 0 bridgehead atoms. The van der Waals surface area contributed by atoms with Crippen molar-refractivity contribution in [2.75, 3.05) is 15.9 Å². The highest BCUT2D eigenvalue weighted by Crippen LogP contribution is 2.32. The first-order valence-electron chi connectivity index (χ1n) is 7.92. The maximum atomic E-state index is 12.7. The number of halogens is 2. The molecule has 8 nitrogen and oxygen atoms in total. The normalized spacial score (nSPS) is 12.3. The summed E-state index contributed by atoms with van der Waals surface area (Å²) < 4.78 is 25.6. The Bertz CT molecular complexity index is 1040. The summed E-state index contributed by atoms with van der Waals surface area (Å²) >= 11 is 12.1. The Morgan fingerprint density at radius 1 is 1.21 bits per heavy atom. The lowest BCUT2D eigenvalue weighted by molar-refractivity contribution is -0.384. The van der Waals surface area contributed by atoms with Gasteiger partial charge in [-0.25, -0.2) is 8.42 Å². The minimum Gasteiger partial charge on any atom is -0.324 e. The molecule has 0 aliphatic heterocycles. The van der Waals surface area contributed by atoms with Gasteiger partial charge in [-0.2, -0.15) is 0 Å². The van der Waals surface area contributed by atoms with E-state index in [1.807, 2.05) is 0 Å². The van der Waals surface area contributed by atoms with E-state index in [4.69, 9.17) is 23.2 Å². The molecule has 0 spiro atoms. The molecule has 2 aromatic carbocycles. The van der Waals surface area contributed by atoms with Gasteiger partial charge >= 0.3 is 0 Å². The molecule has 2 aromatic rings. The molecule has 150 valence electrons. The summed E-state index contributed by atoms with van der Waals surface area (Å²) in [6.45, 7) is 3.03. The number of nitro benzene ring substituents is 1. The molecule has 1 atom stereocenters. The zero-order valence-electron chi connectivity index (χ0n) is 15.1. The lowest BCUT2D eigenvalue weighted by Gasteiger charge is -2.29. The van der Waals surface area contributed by atoms with Gasteiger partial charge in [-0.3, -0.25) is 19.2 Å². The molecular formula is C17H17Cl2N3O5S. The molecule has 0 aliphatic carbocycles. The maximum absolute atomic E-state index is 12.7. The number of sulfonamides is 1. The number of carbonyl (C=O) groups excluding carboxylic acids is 1. The van der Waals surface area contributed by atoms with Gasteiger partial charge in [0.1, 0.15) is 6.04 Å². The van der Waals surface area contributed by atoms with E-state index < -0.39 is 26.9 Å². The van der Waals surface area contributed by atoms with Crippen molar-refractivity contribution in [2.24, 2.45) is 0 Å². The molecular weight excluding hydrogens is 429 g/mol. The molecule has 1 unspecified atom stereocenters. The molecule has 2 rings (SSSR count). The van der Waals surface area contributed by atoms with E-state index in [2.05, 4.69) is 5.32 Å². The van der Waals surface area contributed by atoms with Gasteiger partial charge in [0.15, 0.2) is 0 Å². The van der Waals surface area contributed by atoms with Crippen LogP contribution in [0.1, 0.15) is 12.5 Å². The molecule has 0 aliphatic rings. The Kier molecular flexibility index (Phi) is 6.53. The number of rotatable bonds is 6. The number of non-ortho nitro benzene ring substituents is 1. The number of benzene rings is 2. The van der Waals surface area contributed by atoms with Crippen LogP contribution < -0.4 is 9.62 Å². The summed E-state index contributed by atoms with van der Waals surface area (Å²) in [6.07, 6.45) is 0.937. The van der Waals surface area contributed by atoms with Gasteiger partial charge in [0.2, 0.25) is 15.9 Å². The number of anilines is 2. The van der Waals surface area contributed by atoms with Crippen molar-refractivity contribution in [3.8, 4) is 0 Å². The van der Waals surface area contributed by atoms with Crippen LogP contribution in [0.4, 0.5) is 17.1 Å². The average molecular weight is 446 g/mol. The summed E-state index contributed by atoms with van der Waals surface area (Å²) in [7, 11) is -3.90. The fourth-order valence-electron chi connectivity index (χ4n) is 2.53. The van der Waals surface area contributed by atoms with Crippen molar-refractivity contribution in [2.45, 2.75) is 19.9 Å². The summed E-state index contributed by atoms with van der Waals surface area (Å²) in [5.74, 6) is -0.690. The second-order valence-corrected chi connectivity index (χ2v) is 8.78. The van der Waals surface area contributed by atoms with Crippen molar-refractivity contribution in [1.82, 2.24) is 0 Å². The van der Waals surface area contributed by atoms with Gasteiger partial charge in [-0.1, -0.05) is 29.3 Å². The summed E-state index contributed by atoms with van der Waals surface area (Å²) in [5, 5.41) is 13.8. The van der Waals surface area contributed by atoms with Crippen molar-refractivity contribution in [3.05, 3.63) is 62.1 Å². The van der Waals surface area contributed by atoms with Crippen LogP contribution in [0.2, 0.25) is 10.0 Å². The van der Waals surface area contributed by atoms with Crippen LogP contribution in [-0.2, 0) is 14.8 Å². The average Bonchev–Trinajstić information content (AvgIpc) is 2.58. The summed E-state index contributed by atoms with van der Waals surface area (Å²) in [5.41, 5.74) is 0.635. The maximum Gasteiger partial charge on any atom is 0.271 e. The molecule has 0 heterocycles. The van der Waals surface area contributed by atoms with E-state index in [0.29, 0.717) is 5.56 Å². The van der Waals surface area contributed by atoms with Crippen molar-refractivity contribution >= 4 is 56.2 Å². The topological polar surface area (TPSA) is 110 Å². The standard InChI is InChI=1S/C17H17Cl2N3O5S/c1-10-4-6-13(22(24)25)9-15(10)20-17(23)11(2)21(28(3,26)27)16-8-12(18)5-7-14(16)19/h4-9,11H,1-3H3,(H,20,23). The van der Waals surface area contributed by atoms with Crippen LogP contribution in [0.3, 0.4) is 0 Å². The molecule has 0 aromatic heterocycles. The van der Waals surface area contributed by atoms with E-state index in [0.717, 1.165) is 10.6 Å². The van der Waals surface area contributed by atoms with Gasteiger partial charge in [0.05, 0.1) is 27.6 Å². The zero-order chi connectivity index (χ0) is 21.2. The predicted octanol–water partition coefficient (Wildman–Crippen LogP) is 4.00. The fraction of sp³-hybridized carbons (Fsp3) is 0.235. The number of amides is 1. The highest BCUT2D eigenvalue weighted by molar-refractivity contribution is 7.92. The molecule has 0 saturated heterocycles. The smallest absolute Gasteiger partial charge is 0.271 e. The second kappa shape index (κ2) is 8.34. The third-order valence-corrected chi connectivity index (χ3v) is 5.71. The second-order valence-electron chi connectivity index (χ2n) is 6.08. The van der Waals surface area contributed by atoms with Crippen LogP contribution in [0.15, 0.2) is 36.4 Å². The SMILES string of the molecule is Cc1ccc([N+](=O)[O-])cc1NC(=O)C(C)N(c1cc(Cl)ccc1Cl)S(C)(=O)=O. The molecule has 1 amide bonds.